The van der Waals surface area contributed by atoms with Crippen LogP contribution in [0.15, 0.2) is 30.4 Å². The number of carbonyl (C=O) groups is 1. The number of hydrogen-bond acceptors (Lipinski definition) is 4. The van der Waals surface area contributed by atoms with E-state index in [1.165, 1.54) is 49.8 Å². The molecule has 4 fully saturated rings. The van der Waals surface area contributed by atoms with Crippen molar-refractivity contribution in [3.8, 4) is 5.75 Å². The first-order chi connectivity index (χ1) is 16.4. The standard InChI is InChI=1S/C23H29FO5.C5H10/c1-14-3-5-19-17-12-27-13-29-21(17)7-9-23(19,2)18(14)8-10-28-20-6-4-15(24)11-16(20)22(25)26;1-2-4-5-3-1/h4,6,11,17-19,21H,1,3,5,7-10,12-13H2,2H3,(H,25,26);1-5H2. The highest BCUT2D eigenvalue weighted by atomic mass is 19.1. The maximum atomic E-state index is 13.4. The van der Waals surface area contributed by atoms with Crippen molar-refractivity contribution in [2.24, 2.45) is 23.2 Å². The van der Waals surface area contributed by atoms with Crippen molar-refractivity contribution in [1.82, 2.24) is 0 Å². The molecule has 0 amide bonds. The summed E-state index contributed by atoms with van der Waals surface area (Å²) in [5.74, 6) is -0.312. The van der Waals surface area contributed by atoms with E-state index in [0.29, 0.717) is 37.3 Å². The van der Waals surface area contributed by atoms with Crippen LogP contribution in [-0.4, -0.2) is 37.2 Å². The number of ether oxygens (including phenoxy) is 3. The molecule has 0 aromatic heterocycles. The van der Waals surface area contributed by atoms with Gasteiger partial charge in [-0.25, -0.2) is 9.18 Å². The third-order valence-corrected chi connectivity index (χ3v) is 8.64. The van der Waals surface area contributed by atoms with Crippen LogP contribution >= 0.6 is 0 Å². The van der Waals surface area contributed by atoms with E-state index in [1.807, 2.05) is 0 Å². The van der Waals surface area contributed by atoms with Gasteiger partial charge in [-0.15, -0.1) is 0 Å². The molecule has 4 aliphatic rings. The fraction of sp³-hybridized carbons (Fsp3) is 0.679. The van der Waals surface area contributed by atoms with Crippen molar-refractivity contribution in [3.05, 3.63) is 41.7 Å². The van der Waals surface area contributed by atoms with Gasteiger partial charge in [0, 0.05) is 5.92 Å². The molecule has 1 saturated heterocycles. The topological polar surface area (TPSA) is 65.0 Å². The van der Waals surface area contributed by atoms with E-state index in [2.05, 4.69) is 13.5 Å². The number of hydrogen-bond donors (Lipinski definition) is 1. The van der Waals surface area contributed by atoms with E-state index in [0.717, 1.165) is 44.8 Å². The van der Waals surface area contributed by atoms with E-state index >= 15 is 0 Å². The Labute approximate surface area is 202 Å². The molecule has 1 N–H and O–H groups in total. The maximum absolute atomic E-state index is 13.4. The van der Waals surface area contributed by atoms with Crippen LogP contribution in [0.2, 0.25) is 0 Å². The minimum Gasteiger partial charge on any atom is -0.493 e. The Bertz CT molecular complexity index is 859. The molecule has 5 nitrogen and oxygen atoms in total. The second-order valence-corrected chi connectivity index (χ2v) is 10.6. The third kappa shape index (κ3) is 5.49. The Hall–Kier alpha value is -1.92. The molecule has 5 rings (SSSR count). The fourth-order valence-electron chi connectivity index (χ4n) is 6.81. The summed E-state index contributed by atoms with van der Waals surface area (Å²) in [6.07, 6.45) is 12.8. The molecule has 3 saturated carbocycles. The van der Waals surface area contributed by atoms with Crippen molar-refractivity contribution in [2.75, 3.05) is 20.0 Å². The quantitative estimate of drug-likeness (QED) is 0.486. The molecule has 0 bridgehead atoms. The van der Waals surface area contributed by atoms with Crippen LogP contribution in [0.3, 0.4) is 0 Å². The lowest BCUT2D eigenvalue weighted by Crippen LogP contribution is -2.54. The lowest BCUT2D eigenvalue weighted by atomic mass is 9.50. The smallest absolute Gasteiger partial charge is 0.339 e. The van der Waals surface area contributed by atoms with Gasteiger partial charge in [0.1, 0.15) is 23.9 Å². The molecule has 5 atom stereocenters. The van der Waals surface area contributed by atoms with Gasteiger partial charge in [0.05, 0.1) is 19.3 Å². The largest absolute Gasteiger partial charge is 0.493 e. The normalized spacial score (nSPS) is 32.7. The summed E-state index contributed by atoms with van der Waals surface area (Å²) < 4.78 is 30.7. The molecule has 6 heteroatoms. The summed E-state index contributed by atoms with van der Waals surface area (Å²) in [6.45, 7) is 8.25. The summed E-state index contributed by atoms with van der Waals surface area (Å²) in [5.41, 5.74) is 1.22. The van der Waals surface area contributed by atoms with Crippen molar-refractivity contribution < 1.29 is 28.5 Å². The zero-order valence-corrected chi connectivity index (χ0v) is 20.4. The highest BCUT2D eigenvalue weighted by Crippen LogP contribution is 2.58. The lowest BCUT2D eigenvalue weighted by Gasteiger charge is -2.57. The lowest BCUT2D eigenvalue weighted by molar-refractivity contribution is -0.218. The van der Waals surface area contributed by atoms with E-state index in [4.69, 9.17) is 14.2 Å². The molecular weight excluding hydrogens is 435 g/mol. The highest BCUT2D eigenvalue weighted by molar-refractivity contribution is 5.90. The summed E-state index contributed by atoms with van der Waals surface area (Å²) in [4.78, 5) is 11.4. The number of fused-ring (bicyclic) bond motifs is 3. The van der Waals surface area contributed by atoms with Crippen LogP contribution in [-0.2, 0) is 9.47 Å². The number of carboxylic acid groups (broad SMARTS) is 1. The number of allylic oxidation sites excluding steroid dienone is 1. The van der Waals surface area contributed by atoms with Gasteiger partial charge in [-0.2, -0.15) is 0 Å². The SMILES string of the molecule is C1CCCC1.C=C1CCC2C3COCOC3CCC2(C)C1CCOc1ccc(F)cc1C(=O)O. The summed E-state index contributed by atoms with van der Waals surface area (Å²) >= 11 is 0. The zero-order valence-electron chi connectivity index (χ0n) is 20.4. The number of aromatic carboxylic acids is 1. The minimum atomic E-state index is -1.19. The van der Waals surface area contributed by atoms with Crippen molar-refractivity contribution in [3.63, 3.8) is 0 Å². The van der Waals surface area contributed by atoms with E-state index < -0.39 is 11.8 Å². The molecule has 5 unspecified atom stereocenters. The second kappa shape index (κ2) is 11.2. The van der Waals surface area contributed by atoms with Gasteiger partial charge in [0.2, 0.25) is 0 Å². The van der Waals surface area contributed by atoms with Gasteiger partial charge >= 0.3 is 5.97 Å². The maximum Gasteiger partial charge on any atom is 0.339 e. The molecule has 1 aromatic carbocycles. The molecule has 1 heterocycles. The van der Waals surface area contributed by atoms with Gasteiger partial charge in [0.15, 0.2) is 0 Å². The number of rotatable bonds is 5. The van der Waals surface area contributed by atoms with Crippen molar-refractivity contribution in [1.29, 1.82) is 0 Å². The monoisotopic (exact) mass is 474 g/mol. The second-order valence-electron chi connectivity index (χ2n) is 10.6. The number of carboxylic acids is 1. The Morgan fingerprint density at radius 3 is 2.68 bits per heavy atom. The van der Waals surface area contributed by atoms with Gasteiger partial charge in [-0.1, -0.05) is 51.2 Å². The van der Waals surface area contributed by atoms with Gasteiger partial charge in [-0.3, -0.25) is 0 Å². The predicted molar refractivity (Wildman–Crippen MR) is 128 cm³/mol. The molecule has 188 valence electrons. The summed E-state index contributed by atoms with van der Waals surface area (Å²) in [6, 6.07) is 3.61. The average Bonchev–Trinajstić information content (AvgIpc) is 3.41. The van der Waals surface area contributed by atoms with Crippen LogP contribution in [0, 0.1) is 29.0 Å². The van der Waals surface area contributed by atoms with E-state index in [1.54, 1.807) is 0 Å². The first kappa shape index (κ1) is 25.2. The Kier molecular flexibility index (Phi) is 8.30. The fourth-order valence-corrected chi connectivity index (χ4v) is 6.81. The Morgan fingerprint density at radius 2 is 1.97 bits per heavy atom. The van der Waals surface area contributed by atoms with E-state index in [-0.39, 0.29) is 16.7 Å². The average molecular weight is 475 g/mol. The van der Waals surface area contributed by atoms with Gasteiger partial charge < -0.3 is 19.3 Å². The van der Waals surface area contributed by atoms with Crippen LogP contribution in [0.1, 0.15) is 81.5 Å². The highest BCUT2D eigenvalue weighted by Gasteiger charge is 2.53. The molecule has 0 radical (unpaired) electrons. The predicted octanol–water partition coefficient (Wildman–Crippen LogP) is 6.61. The van der Waals surface area contributed by atoms with Crippen LogP contribution in [0.5, 0.6) is 5.75 Å². The van der Waals surface area contributed by atoms with E-state index in [9.17, 15) is 14.3 Å². The first-order valence-electron chi connectivity index (χ1n) is 12.9. The number of benzene rings is 1. The Balaban J connectivity index is 0.000000486. The summed E-state index contributed by atoms with van der Waals surface area (Å²) in [7, 11) is 0. The molecule has 3 aliphatic carbocycles. The van der Waals surface area contributed by atoms with Crippen LogP contribution in [0.25, 0.3) is 0 Å². The van der Waals surface area contributed by atoms with Gasteiger partial charge in [-0.05, 0) is 67.6 Å². The first-order valence-corrected chi connectivity index (χ1v) is 12.9. The molecular formula is C28H39FO5. The van der Waals surface area contributed by atoms with Crippen LogP contribution < -0.4 is 4.74 Å². The van der Waals surface area contributed by atoms with Gasteiger partial charge in [0.25, 0.3) is 0 Å². The molecule has 1 aliphatic heterocycles. The van der Waals surface area contributed by atoms with Crippen LogP contribution in [0.4, 0.5) is 4.39 Å². The van der Waals surface area contributed by atoms with Crippen molar-refractivity contribution in [2.45, 2.75) is 77.2 Å². The minimum absolute atomic E-state index is 0.113. The third-order valence-electron chi connectivity index (χ3n) is 8.64. The van der Waals surface area contributed by atoms with Crippen molar-refractivity contribution >= 4 is 5.97 Å². The molecule has 0 spiro atoms. The zero-order chi connectivity index (χ0) is 24.1. The summed E-state index contributed by atoms with van der Waals surface area (Å²) in [5, 5.41) is 9.30. The molecule has 34 heavy (non-hydrogen) atoms. The molecule has 1 aromatic rings. The Morgan fingerprint density at radius 1 is 1.24 bits per heavy atom. The number of halogens is 1.